The number of likely N-dealkylation sites (tertiary alicyclic amines) is 1. The molecule has 2 atom stereocenters. The number of tetrazole rings is 1. The molecular formula is C30H23F10N7O2. The number of benzene rings is 3. The number of hydrogen-bond donors (Lipinski definition) is 0. The molecule has 0 unspecified atom stereocenters. The fourth-order valence-corrected chi connectivity index (χ4v) is 5.47. The first-order valence-electron chi connectivity index (χ1n) is 14.1. The maximum Gasteiger partial charge on any atom is 0.453 e. The second-order valence-electron chi connectivity index (χ2n) is 11.1. The molecule has 1 fully saturated rings. The average Bonchev–Trinajstić information content (AvgIpc) is 3.72. The molecule has 0 saturated carbocycles. The first kappa shape index (κ1) is 35.1. The molecule has 0 spiro atoms. The first-order valence-corrected chi connectivity index (χ1v) is 14.1. The van der Waals surface area contributed by atoms with E-state index in [4.69, 9.17) is 0 Å². The van der Waals surface area contributed by atoms with Gasteiger partial charge in [-0.15, -0.1) is 5.10 Å². The lowest BCUT2D eigenvalue weighted by Crippen LogP contribution is -2.47. The van der Waals surface area contributed by atoms with Crippen LogP contribution < -0.4 is 4.90 Å². The highest BCUT2D eigenvalue weighted by Gasteiger charge is 2.43. The van der Waals surface area contributed by atoms with Crippen LogP contribution in [0.1, 0.15) is 38.8 Å². The van der Waals surface area contributed by atoms with Crippen LogP contribution in [0, 0.1) is 5.82 Å². The second-order valence-corrected chi connectivity index (χ2v) is 11.1. The third kappa shape index (κ3) is 7.29. The topological polar surface area (TPSA) is 87.5 Å². The van der Waals surface area contributed by atoms with E-state index in [2.05, 4.69) is 15.5 Å². The molecule has 49 heavy (non-hydrogen) atoms. The van der Waals surface area contributed by atoms with E-state index in [0.29, 0.717) is 27.3 Å². The number of halogens is 10. The number of aromatic nitrogens is 4. The Morgan fingerprint density at radius 3 is 1.88 bits per heavy atom. The van der Waals surface area contributed by atoms with E-state index < -0.39 is 70.9 Å². The van der Waals surface area contributed by atoms with Gasteiger partial charge in [-0.2, -0.15) is 44.2 Å². The predicted octanol–water partition coefficient (Wildman–Crippen LogP) is 6.65. The Balaban J connectivity index is 1.43. The van der Waals surface area contributed by atoms with E-state index in [-0.39, 0.29) is 30.4 Å². The van der Waals surface area contributed by atoms with E-state index in [9.17, 15) is 53.5 Å². The number of alkyl halides is 9. The van der Waals surface area contributed by atoms with Crippen LogP contribution >= 0.6 is 0 Å². The summed E-state index contributed by atoms with van der Waals surface area (Å²) in [4.78, 5) is 30.2. The predicted molar refractivity (Wildman–Crippen MR) is 151 cm³/mol. The van der Waals surface area contributed by atoms with Gasteiger partial charge in [0.15, 0.2) is 0 Å². The highest BCUT2D eigenvalue weighted by Crippen LogP contribution is 2.39. The number of likely N-dealkylation sites (N-methyl/N-ethyl adjacent to an activating group) is 1. The van der Waals surface area contributed by atoms with Gasteiger partial charge >= 0.3 is 24.6 Å². The molecule has 0 radical (unpaired) electrons. The van der Waals surface area contributed by atoms with E-state index in [1.54, 1.807) is 0 Å². The monoisotopic (exact) mass is 703 g/mol. The summed E-state index contributed by atoms with van der Waals surface area (Å²) in [5, 5.41) is 9.34. The van der Waals surface area contributed by atoms with Gasteiger partial charge in [-0.25, -0.2) is 9.18 Å². The first-order chi connectivity index (χ1) is 22.8. The summed E-state index contributed by atoms with van der Waals surface area (Å²) in [5.41, 5.74) is -3.55. The quantitative estimate of drug-likeness (QED) is 0.217. The Morgan fingerprint density at radius 1 is 0.776 bits per heavy atom. The number of anilines is 1. The SMILES string of the molecule is CN(C(=O)N(C)[C@@H]1CN(C(=O)c2ccc(-n3nnnc3C(F)(F)F)cc2)C[C@H]1c1ccc(F)cc1)c1cc(C(F)(F)F)cc(C(F)(F)F)c1. The zero-order chi connectivity index (χ0) is 36.1. The summed E-state index contributed by atoms with van der Waals surface area (Å²) < 4.78 is 135. The molecule has 5 rings (SSSR count). The summed E-state index contributed by atoms with van der Waals surface area (Å²) in [6.45, 7) is -0.245. The van der Waals surface area contributed by atoms with Gasteiger partial charge in [0.25, 0.3) is 11.7 Å². The molecule has 1 aliphatic rings. The minimum Gasteiger partial charge on any atom is -0.336 e. The van der Waals surface area contributed by atoms with Crippen molar-refractivity contribution in [3.05, 3.63) is 101 Å². The van der Waals surface area contributed by atoms with Crippen LogP contribution in [0.5, 0.6) is 0 Å². The third-order valence-corrected chi connectivity index (χ3v) is 8.00. The van der Waals surface area contributed by atoms with Crippen molar-refractivity contribution in [2.24, 2.45) is 0 Å². The van der Waals surface area contributed by atoms with Crippen molar-refractivity contribution < 1.29 is 53.5 Å². The minimum absolute atomic E-state index is 0.0265. The smallest absolute Gasteiger partial charge is 0.336 e. The third-order valence-electron chi connectivity index (χ3n) is 8.00. The zero-order valence-corrected chi connectivity index (χ0v) is 25.1. The van der Waals surface area contributed by atoms with Crippen LogP contribution in [0.4, 0.5) is 54.4 Å². The normalized spacial score (nSPS) is 16.9. The number of carbonyl (C=O) groups excluding carboxylic acids is 2. The van der Waals surface area contributed by atoms with Gasteiger partial charge in [-0.05, 0) is 70.6 Å². The zero-order valence-electron chi connectivity index (χ0n) is 25.1. The van der Waals surface area contributed by atoms with Crippen molar-refractivity contribution in [1.29, 1.82) is 0 Å². The van der Waals surface area contributed by atoms with Crippen molar-refractivity contribution in [2.45, 2.75) is 30.5 Å². The maximum atomic E-state index is 13.8. The molecule has 19 heteroatoms. The largest absolute Gasteiger partial charge is 0.453 e. The summed E-state index contributed by atoms with van der Waals surface area (Å²) in [7, 11) is 2.25. The molecule has 260 valence electrons. The minimum atomic E-state index is -5.16. The standard InChI is InChI=1S/C30H23F10N7O2/c1-44(22-12-18(28(32,33)34)11-19(13-22)29(35,36)37)27(49)45(2)24-15-46(14-23(24)16-3-7-20(31)8-4-16)25(48)17-5-9-21(10-6-17)47-26(30(38,39)40)41-42-43-47/h3-13,23-24H,14-15H2,1-2H3/t23-,24+/m0/s1. The molecule has 2 heterocycles. The Morgan fingerprint density at radius 2 is 1.35 bits per heavy atom. The molecule has 1 aliphatic heterocycles. The van der Waals surface area contributed by atoms with Gasteiger partial charge in [0, 0.05) is 44.4 Å². The molecule has 9 nitrogen and oxygen atoms in total. The summed E-state index contributed by atoms with van der Waals surface area (Å²) >= 11 is 0. The number of urea groups is 1. The second kappa shape index (κ2) is 12.7. The summed E-state index contributed by atoms with van der Waals surface area (Å²) in [6, 6.07) is 8.73. The average molecular weight is 704 g/mol. The maximum absolute atomic E-state index is 13.8. The molecular weight excluding hydrogens is 680 g/mol. The van der Waals surface area contributed by atoms with Crippen LogP contribution in [0.25, 0.3) is 5.69 Å². The van der Waals surface area contributed by atoms with Gasteiger partial charge < -0.3 is 9.80 Å². The molecule has 3 aromatic carbocycles. The van der Waals surface area contributed by atoms with Crippen molar-refractivity contribution in [3.63, 3.8) is 0 Å². The lowest BCUT2D eigenvalue weighted by atomic mass is 9.93. The van der Waals surface area contributed by atoms with Crippen molar-refractivity contribution in [2.75, 3.05) is 32.1 Å². The molecule has 0 bridgehead atoms. The Kier molecular flexibility index (Phi) is 9.07. The fraction of sp³-hybridized carbons (Fsp3) is 0.300. The molecule has 3 amide bonds. The highest BCUT2D eigenvalue weighted by molar-refractivity contribution is 5.95. The van der Waals surface area contributed by atoms with Gasteiger partial charge in [0.1, 0.15) is 5.82 Å². The highest BCUT2D eigenvalue weighted by atomic mass is 19.4. The lowest BCUT2D eigenvalue weighted by molar-refractivity contribution is -0.146. The number of amides is 3. The number of carbonyl (C=O) groups is 2. The van der Waals surface area contributed by atoms with Gasteiger partial charge in [0.2, 0.25) is 0 Å². The van der Waals surface area contributed by atoms with E-state index in [1.807, 2.05) is 0 Å². The van der Waals surface area contributed by atoms with Gasteiger partial charge in [-0.1, -0.05) is 12.1 Å². The van der Waals surface area contributed by atoms with Crippen LogP contribution in [-0.4, -0.2) is 75.2 Å². The molecule has 4 aromatic rings. The Hall–Kier alpha value is -5.23. The number of nitrogens with zero attached hydrogens (tertiary/aromatic N) is 7. The Bertz CT molecular complexity index is 1810. The van der Waals surface area contributed by atoms with Crippen LogP contribution in [0.2, 0.25) is 0 Å². The molecule has 1 aromatic heterocycles. The van der Waals surface area contributed by atoms with E-state index >= 15 is 0 Å². The fourth-order valence-electron chi connectivity index (χ4n) is 5.47. The van der Waals surface area contributed by atoms with E-state index in [0.717, 1.165) is 24.1 Å². The lowest BCUT2D eigenvalue weighted by Gasteiger charge is -2.33. The van der Waals surface area contributed by atoms with Crippen LogP contribution in [-0.2, 0) is 18.5 Å². The van der Waals surface area contributed by atoms with Crippen molar-refractivity contribution in [3.8, 4) is 5.69 Å². The number of hydrogen-bond acceptors (Lipinski definition) is 5. The number of rotatable bonds is 5. The summed E-state index contributed by atoms with van der Waals surface area (Å²) in [6.07, 6.45) is -15.2. The van der Waals surface area contributed by atoms with Gasteiger partial charge in [0.05, 0.1) is 22.9 Å². The van der Waals surface area contributed by atoms with E-state index in [1.165, 1.54) is 48.3 Å². The Labute approximate surface area is 270 Å². The van der Waals surface area contributed by atoms with Crippen molar-refractivity contribution in [1.82, 2.24) is 30.0 Å². The molecule has 0 N–H and O–H groups in total. The van der Waals surface area contributed by atoms with Gasteiger partial charge in [-0.3, -0.25) is 9.69 Å². The molecule has 1 saturated heterocycles. The van der Waals surface area contributed by atoms with Crippen LogP contribution in [0.15, 0.2) is 66.7 Å². The van der Waals surface area contributed by atoms with Crippen LogP contribution in [0.3, 0.4) is 0 Å². The summed E-state index contributed by atoms with van der Waals surface area (Å²) in [5.74, 6) is -3.30. The van der Waals surface area contributed by atoms with Crippen molar-refractivity contribution >= 4 is 17.6 Å². The molecule has 0 aliphatic carbocycles.